The zero-order valence-electron chi connectivity index (χ0n) is 9.40. The fourth-order valence-corrected chi connectivity index (χ4v) is 4.16. The molecular formula is C7H11Cl4NO4S2. The number of ether oxygens (including phenoxy) is 1. The number of esters is 1. The Hall–Kier alpha value is 0.890. The van der Waals surface area contributed by atoms with Crippen LogP contribution in [0.1, 0.15) is 6.92 Å². The fourth-order valence-electron chi connectivity index (χ4n) is 0.773. The molecule has 108 valence electrons. The van der Waals surface area contributed by atoms with Gasteiger partial charge in [-0.15, -0.1) is 26.9 Å². The largest absolute Gasteiger partial charge is 0.468 e. The molecule has 0 N–H and O–H groups in total. The number of hydrogen-bond donors (Lipinski definition) is 0. The summed E-state index contributed by atoms with van der Waals surface area (Å²) in [7, 11) is -2.83. The van der Waals surface area contributed by atoms with Crippen LogP contribution in [0.4, 0.5) is 0 Å². The Balaban J connectivity index is 4.94. The first-order chi connectivity index (χ1) is 8.06. The van der Waals surface area contributed by atoms with Gasteiger partial charge in [0.1, 0.15) is 0 Å². The van der Waals surface area contributed by atoms with E-state index in [4.69, 9.17) is 46.4 Å². The average molecular weight is 379 g/mol. The van der Waals surface area contributed by atoms with E-state index in [2.05, 4.69) is 4.74 Å². The molecule has 0 radical (unpaired) electrons. The number of carbonyl (C=O) groups excluding carboxylic acids is 1. The van der Waals surface area contributed by atoms with Gasteiger partial charge in [-0.1, -0.05) is 30.1 Å². The molecule has 0 spiro atoms. The maximum Gasteiger partial charge on any atom is 0.322 e. The summed E-state index contributed by atoms with van der Waals surface area (Å²) >= 11 is 23.1. The molecule has 0 rings (SSSR count). The maximum absolute atomic E-state index is 11.8. The van der Waals surface area contributed by atoms with Crippen molar-refractivity contribution in [3.05, 3.63) is 0 Å². The highest BCUT2D eigenvalue weighted by molar-refractivity contribution is 8.11. The van der Waals surface area contributed by atoms with Gasteiger partial charge in [-0.3, -0.25) is 4.79 Å². The molecule has 0 heterocycles. The lowest BCUT2D eigenvalue weighted by molar-refractivity contribution is -0.137. The first kappa shape index (κ1) is 18.9. The van der Waals surface area contributed by atoms with Gasteiger partial charge in [-0.05, 0) is 11.9 Å². The molecule has 0 saturated heterocycles. The second-order valence-electron chi connectivity index (χ2n) is 2.91. The summed E-state index contributed by atoms with van der Waals surface area (Å²) in [5.74, 6) is -1.71. The molecule has 0 aliphatic carbocycles. The van der Waals surface area contributed by atoms with Crippen LogP contribution in [0, 0.1) is 0 Å². The van der Waals surface area contributed by atoms with Gasteiger partial charge in [0.25, 0.3) is 0 Å². The quantitative estimate of drug-likeness (QED) is 0.386. The van der Waals surface area contributed by atoms with Crippen molar-refractivity contribution in [2.24, 2.45) is 0 Å². The van der Waals surface area contributed by atoms with Gasteiger partial charge in [0, 0.05) is 6.54 Å². The lowest BCUT2D eigenvalue weighted by Crippen LogP contribution is -2.35. The van der Waals surface area contributed by atoms with Gasteiger partial charge in [0.15, 0.2) is 10.6 Å². The zero-order valence-corrected chi connectivity index (χ0v) is 14.1. The van der Waals surface area contributed by atoms with E-state index in [0.717, 1.165) is 10.8 Å². The third-order valence-electron chi connectivity index (χ3n) is 1.57. The fraction of sp³-hybridized carbons (Fsp3) is 0.857. The molecule has 0 atom stereocenters. The van der Waals surface area contributed by atoms with Crippen molar-refractivity contribution < 1.29 is 17.9 Å². The Morgan fingerprint density at radius 3 is 2.28 bits per heavy atom. The molecule has 18 heavy (non-hydrogen) atoms. The number of methoxy groups -OCH3 is 1. The van der Waals surface area contributed by atoms with Crippen molar-refractivity contribution in [1.29, 1.82) is 0 Å². The number of halogens is 4. The van der Waals surface area contributed by atoms with Crippen molar-refractivity contribution in [2.75, 3.05) is 19.4 Å². The Kier molecular flexibility index (Phi) is 7.99. The summed E-state index contributed by atoms with van der Waals surface area (Å²) in [6, 6.07) is 0. The number of rotatable bonds is 7. The first-order valence-electron chi connectivity index (χ1n) is 4.49. The summed E-state index contributed by atoms with van der Waals surface area (Å²) in [5.41, 5.74) is 0. The molecule has 5 nitrogen and oxygen atoms in total. The third-order valence-corrected chi connectivity index (χ3v) is 7.11. The molecule has 11 heteroatoms. The second kappa shape index (κ2) is 7.61. The number of nitrogens with zero attached hydrogens (tertiary/aromatic N) is 1. The SMILES string of the molecule is CCN(SC(Cl)(Cl)C(Cl)Cl)S(=O)(=O)CC(=O)OC. The smallest absolute Gasteiger partial charge is 0.322 e. The average Bonchev–Trinajstić information content (AvgIpc) is 2.24. The highest BCUT2D eigenvalue weighted by Gasteiger charge is 2.39. The van der Waals surface area contributed by atoms with Crippen LogP contribution >= 0.6 is 58.4 Å². The van der Waals surface area contributed by atoms with E-state index < -0.39 is 30.2 Å². The van der Waals surface area contributed by atoms with E-state index in [1.807, 2.05) is 0 Å². The summed E-state index contributed by atoms with van der Waals surface area (Å²) in [6.45, 7) is 1.58. The van der Waals surface area contributed by atoms with Gasteiger partial charge < -0.3 is 4.74 Å². The van der Waals surface area contributed by atoms with E-state index in [0.29, 0.717) is 11.9 Å². The monoisotopic (exact) mass is 377 g/mol. The minimum absolute atomic E-state index is 0.0334. The van der Waals surface area contributed by atoms with E-state index in [1.54, 1.807) is 6.92 Å². The minimum Gasteiger partial charge on any atom is -0.468 e. The van der Waals surface area contributed by atoms with Gasteiger partial charge in [0.2, 0.25) is 13.7 Å². The highest BCUT2D eigenvalue weighted by atomic mass is 35.5. The molecule has 0 aromatic heterocycles. The van der Waals surface area contributed by atoms with E-state index >= 15 is 0 Å². The van der Waals surface area contributed by atoms with Crippen LogP contribution in [0.3, 0.4) is 0 Å². The van der Waals surface area contributed by atoms with Crippen molar-refractivity contribution >= 4 is 74.3 Å². The molecular weight excluding hydrogens is 368 g/mol. The minimum atomic E-state index is -3.91. The standard InChI is InChI=1S/C7H11Cl4NO4S2/c1-3-12(17-7(10,11)6(8)9)18(14,15)4-5(13)16-2/h6H,3-4H2,1-2H3. The molecule has 0 fully saturated rings. The number of sulfonamides is 1. The van der Waals surface area contributed by atoms with Gasteiger partial charge in [-0.25, -0.2) is 8.42 Å². The van der Waals surface area contributed by atoms with Crippen LogP contribution in [0.2, 0.25) is 0 Å². The third kappa shape index (κ3) is 5.90. The number of carbonyl (C=O) groups is 1. The highest BCUT2D eigenvalue weighted by Crippen LogP contribution is 2.45. The number of hydrogen-bond acceptors (Lipinski definition) is 5. The molecule has 0 unspecified atom stereocenters. The number of alkyl halides is 4. The Bertz CT molecular complexity index is 387. The van der Waals surface area contributed by atoms with Gasteiger partial charge >= 0.3 is 5.97 Å². The van der Waals surface area contributed by atoms with Crippen LogP contribution in [-0.4, -0.2) is 46.0 Å². The normalized spacial score (nSPS) is 13.1. The van der Waals surface area contributed by atoms with Crippen LogP contribution < -0.4 is 0 Å². The summed E-state index contributed by atoms with van der Waals surface area (Å²) in [4.78, 5) is 9.78. The lowest BCUT2D eigenvalue weighted by Gasteiger charge is -2.26. The van der Waals surface area contributed by atoms with E-state index in [1.165, 1.54) is 0 Å². The Labute approximate surface area is 130 Å². The molecule has 0 saturated carbocycles. The molecule has 0 aliphatic heterocycles. The van der Waals surface area contributed by atoms with E-state index in [9.17, 15) is 13.2 Å². The predicted molar refractivity (Wildman–Crippen MR) is 75.7 cm³/mol. The molecule has 0 amide bonds. The summed E-state index contributed by atoms with van der Waals surface area (Å²) in [5, 5.41) is 0. The van der Waals surface area contributed by atoms with Crippen molar-refractivity contribution in [1.82, 2.24) is 3.71 Å². The summed E-state index contributed by atoms with van der Waals surface area (Å²) in [6.07, 6.45) is 0. The van der Waals surface area contributed by atoms with E-state index in [-0.39, 0.29) is 6.54 Å². The van der Waals surface area contributed by atoms with Crippen molar-refractivity contribution in [2.45, 2.75) is 15.4 Å². The van der Waals surface area contributed by atoms with Crippen molar-refractivity contribution in [3.63, 3.8) is 0 Å². The topological polar surface area (TPSA) is 63.7 Å². The second-order valence-corrected chi connectivity index (χ2v) is 9.23. The lowest BCUT2D eigenvalue weighted by atomic mass is 10.8. The first-order valence-corrected chi connectivity index (χ1v) is 8.50. The van der Waals surface area contributed by atoms with Gasteiger partial charge in [-0.2, -0.15) is 0 Å². The Morgan fingerprint density at radius 1 is 1.44 bits per heavy atom. The zero-order chi connectivity index (χ0) is 14.6. The maximum atomic E-state index is 11.8. The molecule has 0 bridgehead atoms. The Morgan fingerprint density at radius 2 is 1.94 bits per heavy atom. The van der Waals surface area contributed by atoms with Crippen LogP contribution in [0.25, 0.3) is 0 Å². The van der Waals surface area contributed by atoms with Crippen LogP contribution in [0.5, 0.6) is 0 Å². The van der Waals surface area contributed by atoms with Crippen LogP contribution in [-0.2, 0) is 19.6 Å². The molecule has 0 aromatic carbocycles. The molecule has 0 aliphatic rings. The van der Waals surface area contributed by atoms with Crippen molar-refractivity contribution in [3.8, 4) is 0 Å². The van der Waals surface area contributed by atoms with Crippen LogP contribution in [0.15, 0.2) is 0 Å². The summed E-state index contributed by atoms with van der Waals surface area (Å²) < 4.78 is 27.0. The predicted octanol–water partition coefficient (Wildman–Crippen LogP) is 2.39. The van der Waals surface area contributed by atoms with Gasteiger partial charge in [0.05, 0.1) is 7.11 Å². The molecule has 0 aromatic rings.